The molecule has 0 spiro atoms. The minimum atomic E-state index is -4.26. The summed E-state index contributed by atoms with van der Waals surface area (Å²) in [6.45, 7) is 4.62. The second kappa shape index (κ2) is 6.11. The lowest BCUT2D eigenvalue weighted by atomic mass is 9.97. The molecular formula is C13H21F3N4. The lowest BCUT2D eigenvalue weighted by Gasteiger charge is -2.22. The molecule has 1 aromatic heterocycles. The molecule has 4 nitrogen and oxygen atoms in total. The van der Waals surface area contributed by atoms with Gasteiger partial charge in [-0.05, 0) is 31.8 Å². The highest BCUT2D eigenvalue weighted by molar-refractivity contribution is 5.03. The van der Waals surface area contributed by atoms with E-state index in [1.807, 2.05) is 13.8 Å². The number of aromatic nitrogens is 3. The Balaban J connectivity index is 2.23. The van der Waals surface area contributed by atoms with Gasteiger partial charge in [-0.2, -0.15) is 18.3 Å². The molecule has 0 aliphatic carbocycles. The van der Waals surface area contributed by atoms with Crippen molar-refractivity contribution in [3.05, 3.63) is 11.6 Å². The van der Waals surface area contributed by atoms with Crippen LogP contribution < -0.4 is 5.32 Å². The van der Waals surface area contributed by atoms with Gasteiger partial charge in [0.15, 0.2) is 5.82 Å². The summed E-state index contributed by atoms with van der Waals surface area (Å²) in [5.74, 6) is 1.43. The molecule has 7 heteroatoms. The minimum Gasteiger partial charge on any atom is -0.317 e. The van der Waals surface area contributed by atoms with Gasteiger partial charge in [0.05, 0.1) is 0 Å². The first-order chi connectivity index (χ1) is 9.35. The molecule has 114 valence electrons. The molecular weight excluding hydrogens is 269 g/mol. The van der Waals surface area contributed by atoms with Crippen LogP contribution in [0.4, 0.5) is 13.2 Å². The summed E-state index contributed by atoms with van der Waals surface area (Å²) in [7, 11) is 0. The van der Waals surface area contributed by atoms with Crippen LogP contribution in [0.1, 0.15) is 44.3 Å². The fourth-order valence-electron chi connectivity index (χ4n) is 2.52. The van der Waals surface area contributed by atoms with E-state index in [1.165, 1.54) is 0 Å². The number of nitrogens with zero attached hydrogens (tertiary/aromatic N) is 3. The Morgan fingerprint density at radius 3 is 2.50 bits per heavy atom. The number of nitrogens with one attached hydrogen (secondary N) is 1. The van der Waals surface area contributed by atoms with Crippen LogP contribution in [0.15, 0.2) is 0 Å². The predicted octanol–water partition coefficient (Wildman–Crippen LogP) is 2.51. The molecule has 0 atom stereocenters. The first kappa shape index (κ1) is 15.3. The predicted molar refractivity (Wildman–Crippen MR) is 69.5 cm³/mol. The highest BCUT2D eigenvalue weighted by Crippen LogP contribution is 2.26. The Bertz CT molecular complexity index is 433. The molecule has 0 radical (unpaired) electrons. The van der Waals surface area contributed by atoms with Crippen LogP contribution in [0, 0.1) is 5.92 Å². The summed E-state index contributed by atoms with van der Waals surface area (Å²) in [6, 6.07) is 0. The maximum Gasteiger partial charge on any atom is 0.408 e. The SMILES string of the molecule is CC(C)Cc1nc(C2CCNCC2)n(CC(F)(F)F)n1. The molecule has 1 saturated heterocycles. The van der Waals surface area contributed by atoms with Gasteiger partial charge in [0, 0.05) is 12.3 Å². The van der Waals surface area contributed by atoms with Gasteiger partial charge in [-0.3, -0.25) is 0 Å². The van der Waals surface area contributed by atoms with Crippen molar-refractivity contribution in [2.75, 3.05) is 13.1 Å². The van der Waals surface area contributed by atoms with Crippen LogP contribution in [-0.4, -0.2) is 34.0 Å². The lowest BCUT2D eigenvalue weighted by molar-refractivity contribution is -0.143. The molecule has 1 aliphatic heterocycles. The van der Waals surface area contributed by atoms with Crippen molar-refractivity contribution in [3.63, 3.8) is 0 Å². The minimum absolute atomic E-state index is 0.0759. The van der Waals surface area contributed by atoms with Crippen molar-refractivity contribution in [2.45, 2.75) is 51.7 Å². The summed E-state index contributed by atoms with van der Waals surface area (Å²) in [4.78, 5) is 4.38. The van der Waals surface area contributed by atoms with E-state index in [1.54, 1.807) is 0 Å². The molecule has 2 rings (SSSR count). The third kappa shape index (κ3) is 4.19. The summed E-state index contributed by atoms with van der Waals surface area (Å²) in [5.41, 5.74) is 0. The van der Waals surface area contributed by atoms with Gasteiger partial charge in [-0.15, -0.1) is 0 Å². The monoisotopic (exact) mass is 290 g/mol. The van der Waals surface area contributed by atoms with Crippen LogP contribution in [0.2, 0.25) is 0 Å². The maximum absolute atomic E-state index is 12.7. The Labute approximate surface area is 116 Å². The van der Waals surface area contributed by atoms with E-state index in [9.17, 15) is 13.2 Å². The number of halogens is 3. The first-order valence-corrected chi connectivity index (χ1v) is 7.06. The fourth-order valence-corrected chi connectivity index (χ4v) is 2.52. The second-order valence-corrected chi connectivity index (χ2v) is 5.78. The second-order valence-electron chi connectivity index (χ2n) is 5.78. The molecule has 1 aliphatic rings. The van der Waals surface area contributed by atoms with Crippen LogP contribution in [0.25, 0.3) is 0 Å². The zero-order valence-electron chi connectivity index (χ0n) is 11.9. The Morgan fingerprint density at radius 1 is 1.30 bits per heavy atom. The van der Waals surface area contributed by atoms with E-state index in [-0.39, 0.29) is 5.92 Å². The van der Waals surface area contributed by atoms with Gasteiger partial charge >= 0.3 is 6.18 Å². The molecule has 0 unspecified atom stereocenters. The highest BCUT2D eigenvalue weighted by atomic mass is 19.4. The van der Waals surface area contributed by atoms with E-state index in [2.05, 4.69) is 15.4 Å². The molecule has 1 fully saturated rings. The Morgan fingerprint density at radius 2 is 1.95 bits per heavy atom. The van der Waals surface area contributed by atoms with E-state index >= 15 is 0 Å². The quantitative estimate of drug-likeness (QED) is 0.926. The van der Waals surface area contributed by atoms with Crippen molar-refractivity contribution >= 4 is 0 Å². The average Bonchev–Trinajstić information content (AvgIpc) is 2.69. The van der Waals surface area contributed by atoms with Crippen molar-refractivity contribution in [2.24, 2.45) is 5.92 Å². The first-order valence-electron chi connectivity index (χ1n) is 7.06. The van der Waals surface area contributed by atoms with E-state index in [4.69, 9.17) is 0 Å². The van der Waals surface area contributed by atoms with Gasteiger partial charge in [0.2, 0.25) is 0 Å². The molecule has 1 N–H and O–H groups in total. The molecule has 0 bridgehead atoms. The molecule has 2 heterocycles. The highest BCUT2D eigenvalue weighted by Gasteiger charge is 2.32. The lowest BCUT2D eigenvalue weighted by Crippen LogP contribution is -2.29. The van der Waals surface area contributed by atoms with Crippen molar-refractivity contribution in [1.29, 1.82) is 0 Å². The molecule has 0 saturated carbocycles. The number of rotatable bonds is 4. The van der Waals surface area contributed by atoms with Crippen LogP contribution in [-0.2, 0) is 13.0 Å². The van der Waals surface area contributed by atoms with E-state index in [0.717, 1.165) is 30.6 Å². The maximum atomic E-state index is 12.7. The van der Waals surface area contributed by atoms with Crippen LogP contribution in [0.5, 0.6) is 0 Å². The summed E-state index contributed by atoms with van der Waals surface area (Å²) in [6.07, 6.45) is -2.01. The van der Waals surface area contributed by atoms with Gasteiger partial charge in [-0.1, -0.05) is 13.8 Å². The third-order valence-corrected chi connectivity index (χ3v) is 3.37. The molecule has 0 amide bonds. The van der Waals surface area contributed by atoms with E-state index < -0.39 is 12.7 Å². The number of piperidine rings is 1. The van der Waals surface area contributed by atoms with Crippen LogP contribution >= 0.6 is 0 Å². The summed E-state index contributed by atoms with van der Waals surface area (Å²) in [5, 5.41) is 7.29. The zero-order chi connectivity index (χ0) is 14.8. The Kier molecular flexibility index (Phi) is 4.67. The number of hydrogen-bond acceptors (Lipinski definition) is 3. The molecule has 1 aromatic rings. The van der Waals surface area contributed by atoms with Gasteiger partial charge in [0.25, 0.3) is 0 Å². The number of alkyl halides is 3. The standard InChI is InChI=1S/C13H21F3N4/c1-9(2)7-11-18-12(10-3-5-17-6-4-10)20(19-11)8-13(14,15)16/h9-10,17H,3-8H2,1-2H3. The van der Waals surface area contributed by atoms with Crippen molar-refractivity contribution in [1.82, 2.24) is 20.1 Å². The molecule has 20 heavy (non-hydrogen) atoms. The van der Waals surface area contributed by atoms with Gasteiger partial charge < -0.3 is 5.32 Å². The van der Waals surface area contributed by atoms with Gasteiger partial charge in [0.1, 0.15) is 12.4 Å². The zero-order valence-corrected chi connectivity index (χ0v) is 11.9. The summed E-state index contributed by atoms with van der Waals surface area (Å²) < 4.78 is 39.0. The number of hydrogen-bond donors (Lipinski definition) is 1. The topological polar surface area (TPSA) is 42.7 Å². The fraction of sp³-hybridized carbons (Fsp3) is 0.846. The normalized spacial score (nSPS) is 17.9. The third-order valence-electron chi connectivity index (χ3n) is 3.37. The Hall–Kier alpha value is -1.11. The van der Waals surface area contributed by atoms with Crippen molar-refractivity contribution in [3.8, 4) is 0 Å². The van der Waals surface area contributed by atoms with E-state index in [0.29, 0.717) is 24.0 Å². The van der Waals surface area contributed by atoms with Crippen molar-refractivity contribution < 1.29 is 13.2 Å². The molecule has 0 aromatic carbocycles. The summed E-state index contributed by atoms with van der Waals surface area (Å²) >= 11 is 0. The van der Waals surface area contributed by atoms with Gasteiger partial charge in [-0.25, -0.2) is 9.67 Å². The average molecular weight is 290 g/mol. The largest absolute Gasteiger partial charge is 0.408 e. The smallest absolute Gasteiger partial charge is 0.317 e. The van der Waals surface area contributed by atoms with Crippen LogP contribution in [0.3, 0.4) is 0 Å².